The molecule has 0 saturated heterocycles. The molecule has 0 saturated carbocycles. The van der Waals surface area contributed by atoms with Crippen molar-refractivity contribution in [3.63, 3.8) is 0 Å². The first-order valence-electron chi connectivity index (χ1n) is 7.49. The molecule has 1 N–H and O–H groups in total. The van der Waals surface area contributed by atoms with Crippen molar-refractivity contribution in [2.45, 2.75) is 25.2 Å². The number of ether oxygens (including phenoxy) is 3. The Morgan fingerprint density at radius 3 is 2.43 bits per heavy atom. The predicted octanol–water partition coefficient (Wildman–Crippen LogP) is 3.84. The van der Waals surface area contributed by atoms with Crippen LogP contribution in [-0.2, 0) is 9.53 Å². The number of aliphatic carboxylic acids is 1. The molecule has 1 heterocycles. The first-order chi connectivity index (χ1) is 12.8. The minimum Gasteiger partial charge on any atom is -0.491 e. The molecule has 0 aliphatic carbocycles. The molecule has 1 atom stereocenters. The lowest BCUT2D eigenvalue weighted by Gasteiger charge is -2.15. The molecule has 1 aliphatic rings. The van der Waals surface area contributed by atoms with Crippen molar-refractivity contribution in [1.29, 1.82) is 0 Å². The molecule has 2 rings (SSSR count). The average molecular weight is 433 g/mol. The number of rotatable bonds is 7. The summed E-state index contributed by atoms with van der Waals surface area (Å²) < 4.78 is 86.2. The summed E-state index contributed by atoms with van der Waals surface area (Å²) in [5, 5.41) is 9.20. The maximum Gasteiger partial charge on any atom is 0.573 e. The van der Waals surface area contributed by atoms with Crippen molar-refractivity contribution in [3.8, 4) is 11.5 Å². The van der Waals surface area contributed by atoms with Gasteiger partial charge >= 0.3 is 18.7 Å². The Balaban J connectivity index is 2.23. The SMILES string of the molecule is C[C@]1(C(=O)O)CSC(c2ccc(OCCOC(F)(F)F)cc2OC(F)(F)F)=N1. The van der Waals surface area contributed by atoms with E-state index in [2.05, 4.69) is 14.5 Å². The van der Waals surface area contributed by atoms with E-state index in [1.807, 2.05) is 0 Å². The normalized spacial score (nSPS) is 20.0. The van der Waals surface area contributed by atoms with Crippen molar-refractivity contribution in [1.82, 2.24) is 0 Å². The summed E-state index contributed by atoms with van der Waals surface area (Å²) in [4.78, 5) is 15.2. The number of halogens is 6. The van der Waals surface area contributed by atoms with Gasteiger partial charge in [-0.15, -0.1) is 38.1 Å². The molecule has 0 spiro atoms. The highest BCUT2D eigenvalue weighted by Gasteiger charge is 2.40. The Morgan fingerprint density at radius 2 is 1.89 bits per heavy atom. The number of alkyl halides is 6. The molecule has 1 aromatic rings. The predicted molar refractivity (Wildman–Crippen MR) is 85.7 cm³/mol. The van der Waals surface area contributed by atoms with Crippen LogP contribution in [0.4, 0.5) is 26.3 Å². The lowest BCUT2D eigenvalue weighted by atomic mass is 10.1. The summed E-state index contributed by atoms with van der Waals surface area (Å²) >= 11 is 0.937. The summed E-state index contributed by atoms with van der Waals surface area (Å²) in [5.74, 6) is -2.14. The van der Waals surface area contributed by atoms with E-state index in [0.717, 1.165) is 23.9 Å². The first-order valence-corrected chi connectivity index (χ1v) is 8.47. The van der Waals surface area contributed by atoms with Crippen LogP contribution in [0, 0.1) is 0 Å². The van der Waals surface area contributed by atoms with E-state index in [-0.39, 0.29) is 22.1 Å². The molecule has 156 valence electrons. The highest BCUT2D eigenvalue weighted by atomic mass is 32.2. The Morgan fingerprint density at radius 1 is 1.21 bits per heavy atom. The summed E-state index contributed by atoms with van der Waals surface area (Å²) in [6.45, 7) is -0.116. The molecule has 0 unspecified atom stereocenters. The summed E-state index contributed by atoms with van der Waals surface area (Å²) in [6, 6.07) is 3.18. The standard InChI is InChI=1S/C15H13F6NO5S/c1-13(12(23)24)7-28-11(22-13)9-3-2-8(6-10(9)27-15(19,20)21)25-4-5-26-14(16,17)18/h2-3,6H,4-5,7H2,1H3,(H,23,24)/t13-/m1/s1. The van der Waals surface area contributed by atoms with Gasteiger partial charge in [-0.3, -0.25) is 9.73 Å². The van der Waals surface area contributed by atoms with Gasteiger partial charge < -0.3 is 14.6 Å². The number of benzene rings is 1. The average Bonchev–Trinajstić information content (AvgIpc) is 2.93. The van der Waals surface area contributed by atoms with E-state index in [0.29, 0.717) is 0 Å². The van der Waals surface area contributed by atoms with Gasteiger partial charge in [0.05, 0.1) is 6.61 Å². The van der Waals surface area contributed by atoms with Gasteiger partial charge in [0.2, 0.25) is 0 Å². The van der Waals surface area contributed by atoms with E-state index >= 15 is 0 Å². The van der Waals surface area contributed by atoms with E-state index in [4.69, 9.17) is 4.74 Å². The molecule has 0 radical (unpaired) electrons. The fourth-order valence-electron chi connectivity index (χ4n) is 2.04. The second kappa shape index (κ2) is 8.07. The number of thioether (sulfide) groups is 1. The highest BCUT2D eigenvalue weighted by Crippen LogP contribution is 2.37. The zero-order chi connectivity index (χ0) is 21.2. The monoisotopic (exact) mass is 433 g/mol. The number of carboxylic acid groups (broad SMARTS) is 1. The van der Waals surface area contributed by atoms with Gasteiger partial charge in [0.15, 0.2) is 5.54 Å². The second-order valence-electron chi connectivity index (χ2n) is 5.63. The molecule has 6 nitrogen and oxygen atoms in total. The Hall–Kier alpha value is -2.15. The van der Waals surface area contributed by atoms with Crippen LogP contribution in [-0.4, -0.2) is 53.3 Å². The van der Waals surface area contributed by atoms with Gasteiger partial charge in [-0.1, -0.05) is 0 Å². The summed E-state index contributed by atoms with van der Waals surface area (Å²) in [6.07, 6.45) is -9.92. The van der Waals surface area contributed by atoms with Crippen LogP contribution >= 0.6 is 11.8 Å². The number of carboxylic acids is 1. The smallest absolute Gasteiger partial charge is 0.491 e. The van der Waals surface area contributed by atoms with Gasteiger partial charge in [0, 0.05) is 17.4 Å². The molecule has 0 fully saturated rings. The molecule has 0 aromatic heterocycles. The van der Waals surface area contributed by atoms with Crippen molar-refractivity contribution >= 4 is 22.8 Å². The van der Waals surface area contributed by atoms with Crippen LogP contribution in [0.1, 0.15) is 12.5 Å². The summed E-state index contributed by atoms with van der Waals surface area (Å²) in [5.41, 5.74) is -1.62. The van der Waals surface area contributed by atoms with Gasteiger partial charge in [-0.2, -0.15) is 0 Å². The number of carbonyl (C=O) groups is 1. The van der Waals surface area contributed by atoms with E-state index in [9.17, 15) is 36.2 Å². The first kappa shape index (κ1) is 22.1. The number of hydrogen-bond donors (Lipinski definition) is 1. The topological polar surface area (TPSA) is 77.4 Å². The van der Waals surface area contributed by atoms with Crippen molar-refractivity contribution in [2.75, 3.05) is 19.0 Å². The third-order valence-electron chi connectivity index (χ3n) is 3.33. The van der Waals surface area contributed by atoms with Crippen LogP contribution in [0.5, 0.6) is 11.5 Å². The molecule has 0 amide bonds. The minimum absolute atomic E-state index is 0.0101. The van der Waals surface area contributed by atoms with Gasteiger partial charge in [-0.25, -0.2) is 4.79 Å². The fourth-order valence-corrected chi connectivity index (χ4v) is 3.24. The number of aliphatic imine (C=N–C) groups is 1. The van der Waals surface area contributed by atoms with E-state index in [1.165, 1.54) is 13.0 Å². The number of nitrogens with zero attached hydrogens (tertiary/aromatic N) is 1. The highest BCUT2D eigenvalue weighted by molar-refractivity contribution is 8.14. The fraction of sp³-hybridized carbons (Fsp3) is 0.467. The van der Waals surface area contributed by atoms with Crippen molar-refractivity contribution in [3.05, 3.63) is 23.8 Å². The maximum absolute atomic E-state index is 12.7. The van der Waals surface area contributed by atoms with Crippen LogP contribution in [0.2, 0.25) is 0 Å². The summed E-state index contributed by atoms with van der Waals surface area (Å²) in [7, 11) is 0. The Bertz CT molecular complexity index is 766. The molecular formula is C15H13F6NO5S. The van der Waals surface area contributed by atoms with Crippen molar-refractivity contribution < 1.29 is 50.5 Å². The minimum atomic E-state index is -5.06. The van der Waals surface area contributed by atoms with Crippen LogP contribution in [0.15, 0.2) is 23.2 Å². The lowest BCUT2D eigenvalue weighted by Crippen LogP contribution is -2.33. The lowest BCUT2D eigenvalue weighted by molar-refractivity contribution is -0.325. The zero-order valence-electron chi connectivity index (χ0n) is 14.1. The van der Waals surface area contributed by atoms with E-state index in [1.54, 1.807) is 0 Å². The van der Waals surface area contributed by atoms with Gasteiger partial charge in [-0.05, 0) is 19.1 Å². The number of hydrogen-bond acceptors (Lipinski definition) is 6. The van der Waals surface area contributed by atoms with Crippen molar-refractivity contribution in [2.24, 2.45) is 4.99 Å². The molecule has 28 heavy (non-hydrogen) atoms. The third kappa shape index (κ3) is 6.19. The Kier molecular flexibility index (Phi) is 6.38. The van der Waals surface area contributed by atoms with E-state index < -0.39 is 43.2 Å². The molecule has 1 aliphatic heterocycles. The molecule has 0 bridgehead atoms. The van der Waals surface area contributed by atoms with Crippen LogP contribution < -0.4 is 9.47 Å². The van der Waals surface area contributed by atoms with Crippen LogP contribution in [0.3, 0.4) is 0 Å². The van der Waals surface area contributed by atoms with Crippen LogP contribution in [0.25, 0.3) is 0 Å². The molecule has 1 aromatic carbocycles. The molecular weight excluding hydrogens is 420 g/mol. The molecule has 13 heteroatoms. The largest absolute Gasteiger partial charge is 0.573 e. The van der Waals surface area contributed by atoms with Gasteiger partial charge in [0.25, 0.3) is 0 Å². The zero-order valence-corrected chi connectivity index (χ0v) is 14.9. The Labute approximate surface area is 158 Å². The van der Waals surface area contributed by atoms with Gasteiger partial charge in [0.1, 0.15) is 23.1 Å². The maximum atomic E-state index is 12.7. The second-order valence-corrected chi connectivity index (χ2v) is 6.60. The third-order valence-corrected chi connectivity index (χ3v) is 4.62. The quantitative estimate of drug-likeness (QED) is 0.520.